The van der Waals surface area contributed by atoms with Crippen LogP contribution in [0.4, 0.5) is 5.00 Å². The van der Waals surface area contributed by atoms with Crippen molar-refractivity contribution in [3.8, 4) is 0 Å². The monoisotopic (exact) mass is 459 g/mol. The largest absolute Gasteiger partial charge is 0.462 e. The molecule has 0 aliphatic carbocycles. The van der Waals surface area contributed by atoms with E-state index in [0.29, 0.717) is 37.8 Å². The van der Waals surface area contributed by atoms with E-state index < -0.39 is 5.97 Å². The first kappa shape index (κ1) is 21.7. The Hall–Kier alpha value is -2.52. The highest BCUT2D eigenvalue weighted by Crippen LogP contribution is 2.35. The van der Waals surface area contributed by atoms with Crippen LogP contribution in [0.25, 0.3) is 10.2 Å². The third-order valence-electron chi connectivity index (χ3n) is 5.71. The summed E-state index contributed by atoms with van der Waals surface area (Å²) in [5.41, 5.74) is 1.76. The van der Waals surface area contributed by atoms with Gasteiger partial charge in [-0.2, -0.15) is 0 Å². The highest BCUT2D eigenvalue weighted by Gasteiger charge is 2.26. The second-order valence-electron chi connectivity index (χ2n) is 7.69. The van der Waals surface area contributed by atoms with Crippen LogP contribution in [0.3, 0.4) is 0 Å². The standard InChI is InChI=1S/C22H25N3O4S2/c1-5-29-22(28)16-11(2)13(4)30-20(16)24-18(26)17-12(3)15-19(31-17)23-14-9-7-6-8-10-25(14)21(15)27/h5-10H2,1-4H3,(H,24,26). The van der Waals surface area contributed by atoms with Gasteiger partial charge in [0.25, 0.3) is 11.5 Å². The maximum Gasteiger partial charge on any atom is 0.341 e. The molecule has 4 rings (SSSR count). The molecule has 0 saturated heterocycles. The van der Waals surface area contributed by atoms with E-state index in [-0.39, 0.29) is 18.1 Å². The number of amides is 1. The van der Waals surface area contributed by atoms with Crippen LogP contribution >= 0.6 is 22.7 Å². The Morgan fingerprint density at radius 3 is 2.65 bits per heavy atom. The predicted octanol–water partition coefficient (Wildman–Crippen LogP) is 4.60. The molecule has 0 unspecified atom stereocenters. The molecule has 7 nitrogen and oxygen atoms in total. The fourth-order valence-electron chi connectivity index (χ4n) is 3.95. The molecule has 4 heterocycles. The van der Waals surface area contributed by atoms with Crippen LogP contribution in [0, 0.1) is 20.8 Å². The molecule has 0 bridgehead atoms. The highest BCUT2D eigenvalue weighted by atomic mass is 32.1. The van der Waals surface area contributed by atoms with Gasteiger partial charge in [-0.25, -0.2) is 9.78 Å². The number of fused-ring (bicyclic) bond motifs is 2. The lowest BCUT2D eigenvalue weighted by Gasteiger charge is -2.08. The Balaban J connectivity index is 1.74. The van der Waals surface area contributed by atoms with Crippen molar-refractivity contribution in [1.29, 1.82) is 0 Å². The molecule has 9 heteroatoms. The first-order valence-electron chi connectivity index (χ1n) is 10.4. The molecule has 1 aliphatic rings. The highest BCUT2D eigenvalue weighted by molar-refractivity contribution is 7.21. The average molecular weight is 460 g/mol. The molecule has 0 spiro atoms. The van der Waals surface area contributed by atoms with E-state index in [1.54, 1.807) is 18.4 Å². The van der Waals surface area contributed by atoms with Gasteiger partial charge in [-0.15, -0.1) is 22.7 Å². The van der Waals surface area contributed by atoms with Crippen LogP contribution in [-0.2, 0) is 17.7 Å². The number of rotatable bonds is 4. The van der Waals surface area contributed by atoms with Gasteiger partial charge in [0, 0.05) is 17.8 Å². The number of esters is 1. The van der Waals surface area contributed by atoms with Crippen molar-refractivity contribution in [2.24, 2.45) is 0 Å². The minimum atomic E-state index is -0.448. The van der Waals surface area contributed by atoms with Gasteiger partial charge in [-0.3, -0.25) is 14.2 Å². The number of nitrogens with one attached hydrogen (secondary N) is 1. The van der Waals surface area contributed by atoms with Crippen molar-refractivity contribution in [3.63, 3.8) is 0 Å². The number of hydrogen-bond acceptors (Lipinski definition) is 7. The molecule has 3 aromatic heterocycles. The molecular formula is C22H25N3O4S2. The molecular weight excluding hydrogens is 434 g/mol. The van der Waals surface area contributed by atoms with Crippen LogP contribution in [0.5, 0.6) is 0 Å². The molecule has 3 aromatic rings. The lowest BCUT2D eigenvalue weighted by atomic mass is 10.1. The summed E-state index contributed by atoms with van der Waals surface area (Å²) in [6.45, 7) is 8.22. The van der Waals surface area contributed by atoms with E-state index >= 15 is 0 Å². The summed E-state index contributed by atoms with van der Waals surface area (Å²) in [5.74, 6) is 0.0144. The zero-order valence-electron chi connectivity index (χ0n) is 18.1. The second-order valence-corrected chi connectivity index (χ2v) is 9.92. The smallest absolute Gasteiger partial charge is 0.341 e. The maximum atomic E-state index is 13.2. The topological polar surface area (TPSA) is 90.3 Å². The summed E-state index contributed by atoms with van der Waals surface area (Å²) in [5, 5.41) is 3.87. The number of carbonyl (C=O) groups is 2. The Bertz CT molecular complexity index is 1250. The second kappa shape index (κ2) is 8.55. The van der Waals surface area contributed by atoms with Gasteiger partial charge < -0.3 is 10.1 Å². The number of thiophene rings is 2. The van der Waals surface area contributed by atoms with E-state index in [1.807, 2.05) is 13.8 Å². The summed E-state index contributed by atoms with van der Waals surface area (Å²) in [7, 11) is 0. The minimum absolute atomic E-state index is 0.0651. The van der Waals surface area contributed by atoms with Gasteiger partial charge in [0.2, 0.25) is 0 Å². The molecule has 0 saturated carbocycles. The third-order valence-corrected chi connectivity index (χ3v) is 8.02. The zero-order valence-corrected chi connectivity index (χ0v) is 19.7. The van der Waals surface area contributed by atoms with Crippen molar-refractivity contribution in [1.82, 2.24) is 9.55 Å². The lowest BCUT2D eigenvalue weighted by molar-refractivity contribution is 0.0527. The van der Waals surface area contributed by atoms with Gasteiger partial charge in [0.15, 0.2) is 0 Å². The van der Waals surface area contributed by atoms with E-state index in [4.69, 9.17) is 9.72 Å². The van der Waals surface area contributed by atoms with Gasteiger partial charge in [0.05, 0.1) is 22.4 Å². The molecule has 0 aromatic carbocycles. The maximum absolute atomic E-state index is 13.2. The summed E-state index contributed by atoms with van der Waals surface area (Å²) >= 11 is 2.58. The fourth-order valence-corrected chi connectivity index (χ4v) is 6.08. The Kier molecular flexibility index (Phi) is 5.98. The van der Waals surface area contributed by atoms with Crippen molar-refractivity contribution in [3.05, 3.63) is 42.6 Å². The van der Waals surface area contributed by atoms with Crippen molar-refractivity contribution in [2.45, 2.75) is 59.9 Å². The number of aryl methyl sites for hydroxylation is 3. The summed E-state index contributed by atoms with van der Waals surface area (Å²) < 4.78 is 6.94. The van der Waals surface area contributed by atoms with Crippen LogP contribution in [0.15, 0.2) is 4.79 Å². The molecule has 0 atom stereocenters. The Morgan fingerprint density at radius 2 is 1.90 bits per heavy atom. The molecule has 0 fully saturated rings. The predicted molar refractivity (Wildman–Crippen MR) is 124 cm³/mol. The Morgan fingerprint density at radius 1 is 1.13 bits per heavy atom. The van der Waals surface area contributed by atoms with Crippen LogP contribution in [-0.4, -0.2) is 28.0 Å². The number of hydrogen-bond donors (Lipinski definition) is 1. The first-order valence-corrected chi connectivity index (χ1v) is 12.1. The van der Waals surface area contributed by atoms with Crippen molar-refractivity contribution < 1.29 is 14.3 Å². The lowest BCUT2D eigenvalue weighted by Crippen LogP contribution is -2.24. The first-order chi connectivity index (χ1) is 14.8. The zero-order chi connectivity index (χ0) is 22.3. The normalized spacial score (nSPS) is 13.7. The summed E-state index contributed by atoms with van der Waals surface area (Å²) in [4.78, 5) is 45.4. The SMILES string of the molecule is CCOC(=O)c1c(NC(=O)c2sc3nc4n(c(=O)c3c2C)CCCCC4)sc(C)c1C. The number of ether oxygens (including phenoxy) is 1. The average Bonchev–Trinajstić information content (AvgIpc) is 3.07. The number of aromatic nitrogens is 2. The molecule has 1 N–H and O–H groups in total. The van der Waals surface area contributed by atoms with Crippen molar-refractivity contribution >= 4 is 49.8 Å². The van der Waals surface area contributed by atoms with E-state index in [9.17, 15) is 14.4 Å². The molecule has 1 amide bonds. The number of anilines is 1. The summed E-state index contributed by atoms with van der Waals surface area (Å²) in [6, 6.07) is 0. The molecule has 0 radical (unpaired) electrons. The van der Waals surface area contributed by atoms with Crippen LogP contribution in [0.1, 0.15) is 68.0 Å². The van der Waals surface area contributed by atoms with Gasteiger partial charge in [-0.1, -0.05) is 6.42 Å². The van der Waals surface area contributed by atoms with Crippen LogP contribution in [0.2, 0.25) is 0 Å². The third kappa shape index (κ3) is 3.80. The molecule has 164 valence electrons. The van der Waals surface area contributed by atoms with Gasteiger partial charge >= 0.3 is 5.97 Å². The fraction of sp³-hybridized carbons (Fsp3) is 0.455. The van der Waals surface area contributed by atoms with Gasteiger partial charge in [-0.05, 0) is 51.7 Å². The number of carbonyl (C=O) groups excluding carboxylic acids is 2. The van der Waals surface area contributed by atoms with Crippen LogP contribution < -0.4 is 10.9 Å². The molecule has 31 heavy (non-hydrogen) atoms. The van der Waals surface area contributed by atoms with E-state index in [0.717, 1.165) is 41.9 Å². The minimum Gasteiger partial charge on any atom is -0.462 e. The van der Waals surface area contributed by atoms with Crippen molar-refractivity contribution in [2.75, 3.05) is 11.9 Å². The van der Waals surface area contributed by atoms with Gasteiger partial charge in [0.1, 0.15) is 15.7 Å². The van der Waals surface area contributed by atoms with E-state index in [2.05, 4.69) is 5.32 Å². The van der Waals surface area contributed by atoms with E-state index in [1.165, 1.54) is 22.7 Å². The molecule has 1 aliphatic heterocycles. The quantitative estimate of drug-likeness (QED) is 0.576. The Labute approximate surface area is 188 Å². The number of nitrogens with zero attached hydrogens (tertiary/aromatic N) is 2. The summed E-state index contributed by atoms with van der Waals surface area (Å²) in [6.07, 6.45) is 3.85.